The molecule has 0 spiro atoms. The number of anilines is 1. The zero-order valence-corrected chi connectivity index (χ0v) is 16.5. The van der Waals surface area contributed by atoms with E-state index >= 15 is 0 Å². The van der Waals surface area contributed by atoms with Crippen LogP contribution in [-0.2, 0) is 11.2 Å². The lowest BCUT2D eigenvalue weighted by Gasteiger charge is -2.09. The molecule has 0 unspecified atom stereocenters. The third kappa shape index (κ3) is 4.43. The number of nitrogens with zero attached hydrogens (tertiary/aromatic N) is 1. The molecule has 0 aliphatic carbocycles. The van der Waals surface area contributed by atoms with Crippen molar-refractivity contribution in [2.75, 3.05) is 12.4 Å². The molecule has 0 aliphatic rings. The van der Waals surface area contributed by atoms with Gasteiger partial charge in [0.2, 0.25) is 5.91 Å². The van der Waals surface area contributed by atoms with E-state index in [0.717, 1.165) is 10.4 Å². The first kappa shape index (κ1) is 19.7. The van der Waals surface area contributed by atoms with Gasteiger partial charge in [-0.25, -0.2) is 9.37 Å². The molecule has 5 nitrogen and oxygen atoms in total. The fourth-order valence-electron chi connectivity index (χ4n) is 2.80. The van der Waals surface area contributed by atoms with Crippen LogP contribution in [0, 0.1) is 12.7 Å². The van der Waals surface area contributed by atoms with Crippen LogP contribution >= 0.6 is 11.3 Å². The molecular weight excluding hydrogens is 379 g/mol. The highest BCUT2D eigenvalue weighted by Crippen LogP contribution is 2.30. The Labute approximate surface area is 166 Å². The number of ether oxygens (including phenoxy) is 1. The van der Waals surface area contributed by atoms with Crippen molar-refractivity contribution in [3.63, 3.8) is 0 Å². The molecule has 0 bridgehead atoms. The van der Waals surface area contributed by atoms with Crippen molar-refractivity contribution in [1.82, 2.24) is 4.98 Å². The zero-order valence-electron chi connectivity index (χ0n) is 15.7. The number of aryl methyl sites for hydroxylation is 1. The molecular formula is C21H19FN2O3S. The number of methoxy groups -OCH3 is 1. The lowest BCUT2D eigenvalue weighted by Crippen LogP contribution is -2.15. The lowest BCUT2D eigenvalue weighted by atomic mass is 10.0. The van der Waals surface area contributed by atoms with E-state index in [-0.39, 0.29) is 23.9 Å². The quantitative estimate of drug-likeness (QED) is 0.614. The number of thiazole rings is 1. The van der Waals surface area contributed by atoms with Gasteiger partial charge in [0, 0.05) is 21.6 Å². The number of amides is 1. The van der Waals surface area contributed by atoms with E-state index in [9.17, 15) is 14.0 Å². The summed E-state index contributed by atoms with van der Waals surface area (Å²) in [6.45, 7) is 3.37. The number of nitrogens with one attached hydrogen (secondary N) is 1. The average molecular weight is 398 g/mol. The van der Waals surface area contributed by atoms with E-state index in [1.807, 2.05) is 6.92 Å². The van der Waals surface area contributed by atoms with Crippen molar-refractivity contribution in [3.8, 4) is 17.0 Å². The van der Waals surface area contributed by atoms with Gasteiger partial charge in [0.25, 0.3) is 0 Å². The van der Waals surface area contributed by atoms with Gasteiger partial charge in [-0.05, 0) is 56.3 Å². The Kier molecular flexibility index (Phi) is 5.84. The van der Waals surface area contributed by atoms with Crippen molar-refractivity contribution in [2.45, 2.75) is 20.3 Å². The summed E-state index contributed by atoms with van der Waals surface area (Å²) < 4.78 is 18.4. The minimum atomic E-state index is -0.313. The number of benzene rings is 2. The smallest absolute Gasteiger partial charge is 0.230 e. The largest absolute Gasteiger partial charge is 0.496 e. The molecule has 1 heterocycles. The summed E-state index contributed by atoms with van der Waals surface area (Å²) in [5.41, 5.74) is 2.63. The molecule has 0 radical (unpaired) electrons. The van der Waals surface area contributed by atoms with Crippen LogP contribution in [-0.4, -0.2) is 23.8 Å². The van der Waals surface area contributed by atoms with Crippen LogP contribution in [0.2, 0.25) is 0 Å². The number of Topliss-reactive ketones (excluding diaryl/α,β-unsaturated/α-hetero) is 1. The maximum absolute atomic E-state index is 13.1. The summed E-state index contributed by atoms with van der Waals surface area (Å²) in [6.07, 6.45) is 0.0504. The molecule has 0 aliphatic heterocycles. The summed E-state index contributed by atoms with van der Waals surface area (Å²) in [5, 5.41) is 3.25. The first-order valence-electron chi connectivity index (χ1n) is 8.58. The van der Waals surface area contributed by atoms with Crippen LogP contribution in [0.5, 0.6) is 5.75 Å². The Bertz CT molecular complexity index is 1030. The number of carbonyl (C=O) groups is 2. The SMILES string of the molecule is COc1ccc(C(C)=O)cc1CC(=O)Nc1nc(-c2ccc(F)cc2)c(C)s1. The summed E-state index contributed by atoms with van der Waals surface area (Å²) in [4.78, 5) is 29.5. The van der Waals surface area contributed by atoms with E-state index in [1.54, 1.807) is 30.3 Å². The van der Waals surface area contributed by atoms with Gasteiger partial charge in [0.05, 0.1) is 19.2 Å². The highest BCUT2D eigenvalue weighted by atomic mass is 32.1. The molecule has 0 fully saturated rings. The Morgan fingerprint density at radius 2 is 1.89 bits per heavy atom. The van der Waals surface area contributed by atoms with Crippen LogP contribution in [0.25, 0.3) is 11.3 Å². The Morgan fingerprint density at radius 1 is 1.18 bits per heavy atom. The van der Waals surface area contributed by atoms with Gasteiger partial charge in [-0.1, -0.05) is 0 Å². The average Bonchev–Trinajstić information content (AvgIpc) is 3.02. The molecule has 1 amide bonds. The minimum Gasteiger partial charge on any atom is -0.496 e. The summed E-state index contributed by atoms with van der Waals surface area (Å²) in [5.74, 6) is -0.114. The van der Waals surface area contributed by atoms with Crippen molar-refractivity contribution >= 4 is 28.2 Å². The second-order valence-electron chi connectivity index (χ2n) is 6.24. The Balaban J connectivity index is 1.77. The highest BCUT2D eigenvalue weighted by molar-refractivity contribution is 7.16. The van der Waals surface area contributed by atoms with Gasteiger partial charge in [-0.15, -0.1) is 11.3 Å². The number of halogens is 1. The molecule has 7 heteroatoms. The highest BCUT2D eigenvalue weighted by Gasteiger charge is 2.15. The summed E-state index contributed by atoms with van der Waals surface area (Å²) in [6, 6.07) is 11.1. The van der Waals surface area contributed by atoms with Crippen LogP contribution in [0.1, 0.15) is 27.7 Å². The van der Waals surface area contributed by atoms with Gasteiger partial charge >= 0.3 is 0 Å². The summed E-state index contributed by atoms with van der Waals surface area (Å²) in [7, 11) is 1.52. The first-order valence-corrected chi connectivity index (χ1v) is 9.40. The molecule has 0 atom stereocenters. The number of hydrogen-bond donors (Lipinski definition) is 1. The van der Waals surface area contributed by atoms with Crippen LogP contribution in [0.15, 0.2) is 42.5 Å². The molecule has 3 rings (SSSR count). The zero-order chi connectivity index (χ0) is 20.3. The van der Waals surface area contributed by atoms with Crippen molar-refractivity contribution in [3.05, 3.63) is 64.3 Å². The topological polar surface area (TPSA) is 68.3 Å². The standard InChI is InChI=1S/C21H19FN2O3S/c1-12(25)15-6-9-18(27-3)16(10-15)11-19(26)23-21-24-20(13(2)28-21)14-4-7-17(22)8-5-14/h4-10H,11H2,1-3H3,(H,23,24,26). The first-order chi connectivity index (χ1) is 13.4. The molecule has 3 aromatic rings. The van der Waals surface area contributed by atoms with Crippen molar-refractivity contribution in [1.29, 1.82) is 0 Å². The van der Waals surface area contributed by atoms with E-state index in [0.29, 0.717) is 27.7 Å². The number of aromatic nitrogens is 1. The number of hydrogen-bond acceptors (Lipinski definition) is 5. The van der Waals surface area contributed by atoms with Crippen LogP contribution in [0.3, 0.4) is 0 Å². The summed E-state index contributed by atoms with van der Waals surface area (Å²) >= 11 is 1.35. The molecule has 1 N–H and O–H groups in total. The third-order valence-corrected chi connectivity index (χ3v) is 5.08. The second-order valence-corrected chi connectivity index (χ2v) is 7.44. The fraction of sp³-hybridized carbons (Fsp3) is 0.190. The van der Waals surface area contributed by atoms with Gasteiger partial charge in [0.15, 0.2) is 10.9 Å². The molecule has 2 aromatic carbocycles. The molecule has 0 saturated heterocycles. The minimum absolute atomic E-state index is 0.0504. The number of carbonyl (C=O) groups excluding carboxylic acids is 2. The monoisotopic (exact) mass is 398 g/mol. The van der Waals surface area contributed by atoms with E-state index < -0.39 is 0 Å². The molecule has 144 valence electrons. The van der Waals surface area contributed by atoms with E-state index in [1.165, 1.54) is 37.5 Å². The van der Waals surface area contributed by atoms with Gasteiger partial charge in [-0.3, -0.25) is 9.59 Å². The van der Waals surface area contributed by atoms with Crippen LogP contribution in [0.4, 0.5) is 9.52 Å². The number of ketones is 1. The van der Waals surface area contributed by atoms with Crippen LogP contribution < -0.4 is 10.1 Å². The Morgan fingerprint density at radius 3 is 2.54 bits per heavy atom. The predicted molar refractivity (Wildman–Crippen MR) is 108 cm³/mol. The fourth-order valence-corrected chi connectivity index (χ4v) is 3.65. The van der Waals surface area contributed by atoms with Gasteiger partial charge in [-0.2, -0.15) is 0 Å². The Hall–Kier alpha value is -3.06. The second kappa shape index (κ2) is 8.31. The van der Waals surface area contributed by atoms with Crippen molar-refractivity contribution < 1.29 is 18.7 Å². The predicted octanol–water partition coefficient (Wildman–Crippen LogP) is 4.65. The normalized spacial score (nSPS) is 10.6. The van der Waals surface area contributed by atoms with Gasteiger partial charge in [0.1, 0.15) is 11.6 Å². The van der Waals surface area contributed by atoms with Crippen molar-refractivity contribution in [2.24, 2.45) is 0 Å². The maximum Gasteiger partial charge on any atom is 0.230 e. The lowest BCUT2D eigenvalue weighted by molar-refractivity contribution is -0.115. The van der Waals surface area contributed by atoms with E-state index in [2.05, 4.69) is 10.3 Å². The molecule has 28 heavy (non-hydrogen) atoms. The van der Waals surface area contributed by atoms with E-state index in [4.69, 9.17) is 4.74 Å². The number of rotatable bonds is 6. The maximum atomic E-state index is 13.1. The van der Waals surface area contributed by atoms with Gasteiger partial charge < -0.3 is 10.1 Å². The third-order valence-electron chi connectivity index (χ3n) is 4.20. The molecule has 0 saturated carbocycles. The molecule has 1 aromatic heterocycles.